The highest BCUT2D eigenvalue weighted by Gasteiger charge is 2.28. The van der Waals surface area contributed by atoms with Crippen LogP contribution in [0.3, 0.4) is 0 Å². The normalized spacial score (nSPS) is 19.8. The fourth-order valence-electron chi connectivity index (χ4n) is 3.90. The third kappa shape index (κ3) is 4.28. The first-order chi connectivity index (χ1) is 10.8. The molecular weight excluding hydrogens is 385 g/mol. The zero-order chi connectivity index (χ0) is 14.9. The summed E-state index contributed by atoms with van der Waals surface area (Å²) < 4.78 is 1.20. The number of benzene rings is 1. The Balaban J connectivity index is 0.00000104. The predicted molar refractivity (Wildman–Crippen MR) is 110 cm³/mol. The van der Waals surface area contributed by atoms with E-state index in [1.807, 2.05) is 18.2 Å². The summed E-state index contributed by atoms with van der Waals surface area (Å²) in [4.78, 5) is 7.26. The minimum absolute atomic E-state index is 0. The minimum Gasteiger partial charge on any atom is -0.348 e. The van der Waals surface area contributed by atoms with Crippen LogP contribution < -0.4 is 10.2 Å². The van der Waals surface area contributed by atoms with Crippen LogP contribution in [0.4, 0.5) is 5.13 Å². The topological polar surface area (TPSA) is 28.2 Å². The van der Waals surface area contributed by atoms with Gasteiger partial charge in [-0.05, 0) is 68.8 Å². The van der Waals surface area contributed by atoms with Crippen molar-refractivity contribution < 1.29 is 0 Å². The quantitative estimate of drug-likeness (QED) is 0.757. The lowest BCUT2D eigenvalue weighted by molar-refractivity contribution is 0.222. The first kappa shape index (κ1) is 20.1. The van der Waals surface area contributed by atoms with Gasteiger partial charge in [-0.3, -0.25) is 0 Å². The van der Waals surface area contributed by atoms with Crippen molar-refractivity contribution in [2.45, 2.75) is 25.7 Å². The van der Waals surface area contributed by atoms with Gasteiger partial charge < -0.3 is 10.2 Å². The molecule has 3 nitrogen and oxygen atoms in total. The number of hydrogen-bond donors (Lipinski definition) is 1. The van der Waals surface area contributed by atoms with E-state index in [2.05, 4.69) is 10.2 Å². The summed E-state index contributed by atoms with van der Waals surface area (Å²) in [5.74, 6) is 1.86. The predicted octanol–water partition coefficient (Wildman–Crippen LogP) is 5.01. The fourth-order valence-corrected chi connectivity index (χ4v) is 5.19. The van der Waals surface area contributed by atoms with Gasteiger partial charge in [0, 0.05) is 18.1 Å². The maximum Gasteiger partial charge on any atom is 0.186 e. The average Bonchev–Trinajstić information content (AvgIpc) is 2.99. The molecule has 0 bridgehead atoms. The molecule has 2 aliphatic rings. The number of aromatic nitrogens is 1. The second-order valence-corrected chi connectivity index (χ2v) is 7.97. The van der Waals surface area contributed by atoms with E-state index in [1.54, 1.807) is 11.3 Å². The van der Waals surface area contributed by atoms with E-state index in [1.165, 1.54) is 48.6 Å². The summed E-state index contributed by atoms with van der Waals surface area (Å²) in [7, 11) is 0. The smallest absolute Gasteiger partial charge is 0.186 e. The molecular formula is C17H24Cl3N3S. The molecule has 2 saturated heterocycles. The number of nitrogens with one attached hydrogen (secondary N) is 1. The van der Waals surface area contributed by atoms with Crippen molar-refractivity contribution >= 4 is 63.1 Å². The summed E-state index contributed by atoms with van der Waals surface area (Å²) in [6.07, 6.45) is 5.37. The molecule has 0 amide bonds. The van der Waals surface area contributed by atoms with Gasteiger partial charge >= 0.3 is 0 Å². The molecule has 134 valence electrons. The Hall–Kier alpha value is -0.260. The average molecular weight is 409 g/mol. The van der Waals surface area contributed by atoms with E-state index >= 15 is 0 Å². The highest BCUT2D eigenvalue weighted by Crippen LogP contribution is 2.35. The molecule has 0 aliphatic carbocycles. The Morgan fingerprint density at radius 1 is 1.04 bits per heavy atom. The third-order valence-corrected chi connectivity index (χ3v) is 6.51. The van der Waals surface area contributed by atoms with Gasteiger partial charge in [0.25, 0.3) is 0 Å². The molecule has 0 radical (unpaired) electrons. The Morgan fingerprint density at radius 2 is 1.71 bits per heavy atom. The molecule has 1 aromatic carbocycles. The lowest BCUT2D eigenvalue weighted by Crippen LogP contribution is -2.39. The van der Waals surface area contributed by atoms with Crippen LogP contribution in [0.2, 0.25) is 5.02 Å². The Morgan fingerprint density at radius 3 is 2.42 bits per heavy atom. The summed E-state index contributed by atoms with van der Waals surface area (Å²) in [6, 6.07) is 5.98. The van der Waals surface area contributed by atoms with Gasteiger partial charge in [0.15, 0.2) is 5.13 Å². The van der Waals surface area contributed by atoms with E-state index < -0.39 is 0 Å². The van der Waals surface area contributed by atoms with Crippen LogP contribution in [0, 0.1) is 11.8 Å². The molecule has 4 rings (SSSR count). The maximum atomic E-state index is 6.08. The highest BCUT2D eigenvalue weighted by molar-refractivity contribution is 7.22. The highest BCUT2D eigenvalue weighted by atomic mass is 35.5. The van der Waals surface area contributed by atoms with Crippen molar-refractivity contribution in [2.24, 2.45) is 11.8 Å². The Labute approximate surface area is 165 Å². The second-order valence-electron chi connectivity index (χ2n) is 6.52. The van der Waals surface area contributed by atoms with Crippen LogP contribution in [0.25, 0.3) is 10.2 Å². The first-order valence-corrected chi connectivity index (χ1v) is 9.51. The molecule has 2 aromatic rings. The van der Waals surface area contributed by atoms with Gasteiger partial charge in [-0.2, -0.15) is 0 Å². The van der Waals surface area contributed by atoms with E-state index in [9.17, 15) is 0 Å². The number of anilines is 1. The molecule has 24 heavy (non-hydrogen) atoms. The largest absolute Gasteiger partial charge is 0.348 e. The zero-order valence-electron chi connectivity index (χ0n) is 13.5. The van der Waals surface area contributed by atoms with Crippen LogP contribution in [0.5, 0.6) is 0 Å². The third-order valence-electron chi connectivity index (χ3n) is 5.20. The molecule has 3 heterocycles. The molecule has 0 spiro atoms. The SMILES string of the molecule is Cl.Cl.Clc1ccc2nc(N3CCC(C4CCNCC4)CC3)sc2c1. The van der Waals surface area contributed by atoms with E-state index in [0.29, 0.717) is 0 Å². The maximum absolute atomic E-state index is 6.08. The summed E-state index contributed by atoms with van der Waals surface area (Å²) in [5.41, 5.74) is 1.07. The molecule has 1 aromatic heterocycles. The van der Waals surface area contributed by atoms with E-state index in [0.717, 1.165) is 35.5 Å². The second kappa shape index (κ2) is 8.91. The fraction of sp³-hybridized carbons (Fsp3) is 0.588. The lowest BCUT2D eigenvalue weighted by atomic mass is 9.79. The molecule has 0 saturated carbocycles. The number of rotatable bonds is 2. The number of hydrogen-bond acceptors (Lipinski definition) is 4. The number of piperidine rings is 2. The molecule has 7 heteroatoms. The van der Waals surface area contributed by atoms with Crippen molar-refractivity contribution in [3.8, 4) is 0 Å². The van der Waals surface area contributed by atoms with Crippen molar-refractivity contribution in [1.29, 1.82) is 0 Å². The summed E-state index contributed by atoms with van der Waals surface area (Å²) >= 11 is 7.85. The van der Waals surface area contributed by atoms with Gasteiger partial charge in [-0.15, -0.1) is 24.8 Å². The van der Waals surface area contributed by atoms with Gasteiger partial charge in [-0.1, -0.05) is 22.9 Å². The zero-order valence-corrected chi connectivity index (χ0v) is 16.7. The molecule has 2 aliphatic heterocycles. The van der Waals surface area contributed by atoms with Crippen molar-refractivity contribution in [3.05, 3.63) is 23.2 Å². The van der Waals surface area contributed by atoms with Gasteiger partial charge in [0.1, 0.15) is 0 Å². The lowest BCUT2D eigenvalue weighted by Gasteiger charge is -2.37. The van der Waals surface area contributed by atoms with Crippen LogP contribution >= 0.6 is 47.8 Å². The van der Waals surface area contributed by atoms with Crippen molar-refractivity contribution in [3.63, 3.8) is 0 Å². The monoisotopic (exact) mass is 407 g/mol. The van der Waals surface area contributed by atoms with Gasteiger partial charge in [0.2, 0.25) is 0 Å². The molecule has 0 unspecified atom stereocenters. The Kier molecular flexibility index (Phi) is 7.44. The van der Waals surface area contributed by atoms with E-state index in [-0.39, 0.29) is 24.8 Å². The van der Waals surface area contributed by atoms with Crippen LogP contribution in [0.1, 0.15) is 25.7 Å². The summed E-state index contributed by atoms with van der Waals surface area (Å²) in [5, 5.41) is 5.44. The van der Waals surface area contributed by atoms with Crippen LogP contribution in [0.15, 0.2) is 18.2 Å². The van der Waals surface area contributed by atoms with Gasteiger partial charge in [-0.25, -0.2) is 4.98 Å². The molecule has 1 N–H and O–H groups in total. The standard InChI is InChI=1S/C17H22ClN3S.2ClH/c18-14-1-2-15-16(11-14)22-17(20-15)21-9-5-13(6-10-21)12-3-7-19-8-4-12;;/h1-2,11-13,19H,3-10H2;2*1H. The Bertz CT molecular complexity index is 650. The minimum atomic E-state index is 0. The number of fused-ring (bicyclic) bond motifs is 1. The van der Waals surface area contributed by atoms with Crippen LogP contribution in [-0.2, 0) is 0 Å². The number of thiazole rings is 1. The van der Waals surface area contributed by atoms with Gasteiger partial charge in [0.05, 0.1) is 10.2 Å². The first-order valence-electron chi connectivity index (χ1n) is 8.31. The van der Waals surface area contributed by atoms with E-state index in [4.69, 9.17) is 16.6 Å². The number of halogens is 3. The van der Waals surface area contributed by atoms with Crippen molar-refractivity contribution in [1.82, 2.24) is 10.3 Å². The molecule has 2 fully saturated rings. The molecule has 0 atom stereocenters. The van der Waals surface area contributed by atoms with Crippen molar-refractivity contribution in [2.75, 3.05) is 31.1 Å². The summed E-state index contributed by atoms with van der Waals surface area (Å²) in [6.45, 7) is 4.73. The number of nitrogens with zero attached hydrogens (tertiary/aromatic N) is 2. The van der Waals surface area contributed by atoms with Crippen LogP contribution in [-0.4, -0.2) is 31.2 Å².